The minimum Gasteiger partial charge on any atom is -0.316 e. The first-order valence-electron chi connectivity index (χ1n) is 8.23. The molecule has 0 radical (unpaired) electrons. The Labute approximate surface area is 127 Å². The minimum absolute atomic E-state index is 0.681. The first-order valence-corrected chi connectivity index (χ1v) is 9.28. The lowest BCUT2D eigenvalue weighted by Gasteiger charge is -2.33. The van der Waals surface area contributed by atoms with Gasteiger partial charge >= 0.3 is 0 Å². The Kier molecular flexibility index (Phi) is 5.06. The fraction of sp³-hybridized carbons (Fsp3) is 0.667. The second-order valence-corrected chi connectivity index (χ2v) is 7.75. The first-order chi connectivity index (χ1) is 9.86. The van der Waals surface area contributed by atoms with E-state index in [-0.39, 0.29) is 0 Å². The van der Waals surface area contributed by atoms with Crippen LogP contribution in [-0.4, -0.2) is 24.1 Å². The molecule has 1 fully saturated rings. The number of benzene rings is 1. The molecule has 0 bridgehead atoms. The van der Waals surface area contributed by atoms with Gasteiger partial charge in [0.25, 0.3) is 0 Å². The van der Waals surface area contributed by atoms with Crippen LogP contribution in [0.25, 0.3) is 0 Å². The lowest BCUT2D eigenvalue weighted by molar-refractivity contribution is 0.465. The Hall–Kier alpha value is -0.470. The van der Waals surface area contributed by atoms with E-state index in [4.69, 9.17) is 0 Å². The van der Waals surface area contributed by atoms with Crippen LogP contribution >= 0.6 is 11.8 Å². The molecule has 2 aliphatic carbocycles. The molecule has 0 aromatic heterocycles. The second kappa shape index (κ2) is 7.00. The van der Waals surface area contributed by atoms with Gasteiger partial charge in [-0.3, -0.25) is 0 Å². The van der Waals surface area contributed by atoms with Crippen LogP contribution in [0.4, 0.5) is 0 Å². The van der Waals surface area contributed by atoms with Crippen molar-refractivity contribution in [2.45, 2.75) is 62.2 Å². The molecule has 1 aromatic carbocycles. The van der Waals surface area contributed by atoms with Crippen LogP contribution in [0, 0.1) is 0 Å². The number of hydrogen-bond acceptors (Lipinski definition) is 2. The molecule has 3 rings (SSSR count). The van der Waals surface area contributed by atoms with Crippen LogP contribution in [-0.2, 0) is 6.42 Å². The highest BCUT2D eigenvalue weighted by atomic mass is 32.2. The number of hydrogen-bond donors (Lipinski definition) is 1. The van der Waals surface area contributed by atoms with Crippen molar-refractivity contribution in [3.63, 3.8) is 0 Å². The van der Waals surface area contributed by atoms with E-state index in [0.717, 1.165) is 11.2 Å². The number of thioether (sulfide) groups is 1. The van der Waals surface area contributed by atoms with Gasteiger partial charge in [0.1, 0.15) is 0 Å². The van der Waals surface area contributed by atoms with Gasteiger partial charge in [0.05, 0.1) is 0 Å². The molecule has 110 valence electrons. The maximum atomic E-state index is 3.55. The van der Waals surface area contributed by atoms with Gasteiger partial charge in [-0.2, -0.15) is 11.8 Å². The molecule has 0 spiro atoms. The predicted octanol–water partition coefficient (Wildman–Crippen LogP) is 4.37. The number of fused-ring (bicyclic) bond motifs is 1. The van der Waals surface area contributed by atoms with Gasteiger partial charge in [-0.25, -0.2) is 0 Å². The first kappa shape index (κ1) is 14.5. The third-order valence-corrected chi connectivity index (χ3v) is 6.56. The fourth-order valence-electron chi connectivity index (χ4n) is 3.67. The third kappa shape index (κ3) is 3.40. The summed E-state index contributed by atoms with van der Waals surface area (Å²) in [5.74, 6) is 2.09. The molecule has 2 unspecified atom stereocenters. The summed E-state index contributed by atoms with van der Waals surface area (Å²) in [6, 6.07) is 9.65. The summed E-state index contributed by atoms with van der Waals surface area (Å²) < 4.78 is 0. The SMILES string of the molecule is CNC(CSC1CCCCC1)CC1Cc2ccccc21. The molecule has 1 N–H and O–H groups in total. The maximum Gasteiger partial charge on any atom is 0.0161 e. The summed E-state index contributed by atoms with van der Waals surface area (Å²) in [7, 11) is 2.14. The Morgan fingerprint density at radius 1 is 1.20 bits per heavy atom. The molecule has 1 saturated carbocycles. The highest BCUT2D eigenvalue weighted by molar-refractivity contribution is 7.99. The van der Waals surface area contributed by atoms with E-state index < -0.39 is 0 Å². The Morgan fingerprint density at radius 2 is 2.00 bits per heavy atom. The largest absolute Gasteiger partial charge is 0.316 e. The van der Waals surface area contributed by atoms with Crippen molar-refractivity contribution in [1.29, 1.82) is 0 Å². The Morgan fingerprint density at radius 3 is 2.75 bits per heavy atom. The normalized spacial score (nSPS) is 23.9. The lowest BCUT2D eigenvalue weighted by atomic mass is 9.74. The summed E-state index contributed by atoms with van der Waals surface area (Å²) in [6.45, 7) is 0. The van der Waals surface area contributed by atoms with E-state index in [1.54, 1.807) is 11.1 Å². The Balaban J connectivity index is 1.46. The average molecular weight is 289 g/mol. The van der Waals surface area contributed by atoms with Crippen LogP contribution in [0.2, 0.25) is 0 Å². The molecular formula is C18H27NS. The highest BCUT2D eigenvalue weighted by Crippen LogP contribution is 2.38. The van der Waals surface area contributed by atoms with E-state index in [1.807, 2.05) is 0 Å². The van der Waals surface area contributed by atoms with Crippen molar-refractivity contribution in [2.75, 3.05) is 12.8 Å². The molecule has 0 saturated heterocycles. The van der Waals surface area contributed by atoms with Crippen LogP contribution < -0.4 is 5.32 Å². The molecule has 0 amide bonds. The number of rotatable bonds is 6. The maximum absolute atomic E-state index is 3.55. The molecule has 0 heterocycles. The van der Waals surface area contributed by atoms with E-state index in [1.165, 1.54) is 50.7 Å². The quantitative estimate of drug-likeness (QED) is 0.834. The smallest absolute Gasteiger partial charge is 0.0161 e. The molecule has 20 heavy (non-hydrogen) atoms. The second-order valence-electron chi connectivity index (χ2n) is 6.41. The predicted molar refractivity (Wildman–Crippen MR) is 89.7 cm³/mol. The van der Waals surface area contributed by atoms with Gasteiger partial charge in [-0.15, -0.1) is 0 Å². The van der Waals surface area contributed by atoms with Crippen molar-refractivity contribution in [1.82, 2.24) is 5.32 Å². The van der Waals surface area contributed by atoms with Crippen molar-refractivity contribution in [2.24, 2.45) is 0 Å². The zero-order chi connectivity index (χ0) is 13.8. The third-order valence-electron chi connectivity index (χ3n) is 5.02. The van der Waals surface area contributed by atoms with Gasteiger partial charge < -0.3 is 5.32 Å². The molecule has 2 heteroatoms. The van der Waals surface area contributed by atoms with E-state index >= 15 is 0 Å². The summed E-state index contributed by atoms with van der Waals surface area (Å²) in [5, 5.41) is 4.49. The Bertz CT molecular complexity index is 425. The standard InChI is InChI=1S/C18H27NS/c1-19-16(13-20-17-8-3-2-4-9-17)12-15-11-14-7-5-6-10-18(14)15/h5-7,10,15-17,19H,2-4,8-9,11-13H2,1H3. The average Bonchev–Trinajstić information content (AvgIpc) is 2.49. The minimum atomic E-state index is 0.681. The van der Waals surface area contributed by atoms with Gasteiger partial charge in [0, 0.05) is 17.0 Å². The fourth-order valence-corrected chi connectivity index (χ4v) is 5.14. The van der Waals surface area contributed by atoms with Gasteiger partial charge in [-0.05, 0) is 49.8 Å². The zero-order valence-electron chi connectivity index (χ0n) is 12.6. The van der Waals surface area contributed by atoms with E-state index in [9.17, 15) is 0 Å². The van der Waals surface area contributed by atoms with Crippen molar-refractivity contribution >= 4 is 11.8 Å². The summed E-state index contributed by atoms with van der Waals surface area (Å²) in [6.07, 6.45) is 9.89. The van der Waals surface area contributed by atoms with Gasteiger partial charge in [0.2, 0.25) is 0 Å². The summed E-state index contributed by atoms with van der Waals surface area (Å²) >= 11 is 2.23. The van der Waals surface area contributed by atoms with Crippen molar-refractivity contribution in [3.05, 3.63) is 35.4 Å². The molecule has 2 atom stereocenters. The lowest BCUT2D eigenvalue weighted by Crippen LogP contribution is -2.33. The van der Waals surface area contributed by atoms with Gasteiger partial charge in [0.15, 0.2) is 0 Å². The van der Waals surface area contributed by atoms with Gasteiger partial charge in [-0.1, -0.05) is 43.5 Å². The molecule has 1 aromatic rings. The molecular weight excluding hydrogens is 262 g/mol. The highest BCUT2D eigenvalue weighted by Gasteiger charge is 2.28. The van der Waals surface area contributed by atoms with Crippen molar-refractivity contribution in [3.8, 4) is 0 Å². The molecule has 0 aliphatic heterocycles. The monoisotopic (exact) mass is 289 g/mol. The zero-order valence-corrected chi connectivity index (χ0v) is 13.4. The van der Waals surface area contributed by atoms with E-state index in [0.29, 0.717) is 6.04 Å². The topological polar surface area (TPSA) is 12.0 Å². The number of nitrogens with one attached hydrogen (secondary N) is 1. The summed E-state index contributed by atoms with van der Waals surface area (Å²) in [4.78, 5) is 0. The van der Waals surface area contributed by atoms with E-state index in [2.05, 4.69) is 48.4 Å². The summed E-state index contributed by atoms with van der Waals surface area (Å²) in [5.41, 5.74) is 3.18. The van der Waals surface area contributed by atoms with Crippen LogP contribution in [0.15, 0.2) is 24.3 Å². The van der Waals surface area contributed by atoms with Crippen LogP contribution in [0.3, 0.4) is 0 Å². The van der Waals surface area contributed by atoms with Crippen LogP contribution in [0.5, 0.6) is 0 Å². The molecule has 1 nitrogen and oxygen atoms in total. The van der Waals surface area contributed by atoms with Crippen LogP contribution in [0.1, 0.15) is 55.6 Å². The molecule has 2 aliphatic rings. The van der Waals surface area contributed by atoms with Crippen molar-refractivity contribution < 1.29 is 0 Å².